The van der Waals surface area contributed by atoms with Gasteiger partial charge in [-0.25, -0.2) is 4.98 Å². The van der Waals surface area contributed by atoms with Crippen molar-refractivity contribution in [2.24, 2.45) is 0 Å². The molecule has 3 aromatic heterocycles. The van der Waals surface area contributed by atoms with E-state index < -0.39 is 0 Å². The van der Waals surface area contributed by atoms with Gasteiger partial charge in [-0.15, -0.1) is 11.3 Å². The third-order valence-electron chi connectivity index (χ3n) is 3.84. The van der Waals surface area contributed by atoms with Crippen LogP contribution in [0.25, 0.3) is 32.7 Å². The third-order valence-corrected chi connectivity index (χ3v) is 4.87. The normalized spacial score (nSPS) is 11.0. The van der Waals surface area contributed by atoms with Gasteiger partial charge in [0.2, 0.25) is 0 Å². The maximum Gasteiger partial charge on any atom is 0.182 e. The molecule has 0 unspecified atom stereocenters. The smallest absolute Gasteiger partial charge is 0.182 e. The van der Waals surface area contributed by atoms with Gasteiger partial charge >= 0.3 is 0 Å². The number of nitrogens with zero attached hydrogens (tertiary/aromatic N) is 2. The molecule has 5 heteroatoms. The molecule has 3 heterocycles. The molecule has 1 aromatic carbocycles. The van der Waals surface area contributed by atoms with Crippen LogP contribution in [-0.4, -0.2) is 22.3 Å². The molecule has 0 amide bonds. The number of benzene rings is 1. The molecule has 4 aromatic rings. The predicted octanol–water partition coefficient (Wildman–Crippen LogP) is 4.67. The molecule has 0 bridgehead atoms. The van der Waals surface area contributed by atoms with Gasteiger partial charge in [-0.3, -0.25) is 5.10 Å². The van der Waals surface area contributed by atoms with E-state index in [0.717, 1.165) is 33.6 Å². The highest BCUT2D eigenvalue weighted by Gasteiger charge is 2.15. The lowest BCUT2D eigenvalue weighted by atomic mass is 10.0. The molecule has 0 aliphatic heterocycles. The Morgan fingerprint density at radius 3 is 2.57 bits per heavy atom. The quantitative estimate of drug-likeness (QED) is 0.596. The van der Waals surface area contributed by atoms with Gasteiger partial charge in [-0.05, 0) is 49.4 Å². The monoisotopic (exact) mass is 321 g/mol. The van der Waals surface area contributed by atoms with Gasteiger partial charge in [0.1, 0.15) is 5.75 Å². The molecule has 23 heavy (non-hydrogen) atoms. The van der Waals surface area contributed by atoms with E-state index in [1.165, 1.54) is 9.75 Å². The summed E-state index contributed by atoms with van der Waals surface area (Å²) in [6.07, 6.45) is 1.81. The summed E-state index contributed by atoms with van der Waals surface area (Å²) in [7, 11) is 1.67. The standard InChI is InChI=1S/C18H15N3OS/c1-11-3-8-15(23-11)14-9-10-19-18-16(14)17(20-21-18)12-4-6-13(22-2)7-5-12/h3-10H,1-2H3,(H,19,20,21). The Labute approximate surface area is 137 Å². The molecule has 4 rings (SSSR count). The van der Waals surface area contributed by atoms with Gasteiger partial charge < -0.3 is 4.74 Å². The van der Waals surface area contributed by atoms with E-state index in [0.29, 0.717) is 0 Å². The van der Waals surface area contributed by atoms with Crippen LogP contribution in [0.2, 0.25) is 0 Å². The van der Waals surface area contributed by atoms with E-state index >= 15 is 0 Å². The molecule has 0 aliphatic rings. The van der Waals surface area contributed by atoms with Crippen LogP contribution in [-0.2, 0) is 0 Å². The number of hydrogen-bond donors (Lipinski definition) is 1. The number of pyridine rings is 1. The number of aromatic amines is 1. The SMILES string of the molecule is COc1ccc(-c2[nH]nc3nccc(-c4ccc(C)s4)c23)cc1. The molecule has 4 nitrogen and oxygen atoms in total. The minimum atomic E-state index is 0.736. The van der Waals surface area contributed by atoms with Gasteiger partial charge in [0.25, 0.3) is 0 Å². The second-order valence-electron chi connectivity index (χ2n) is 5.29. The van der Waals surface area contributed by atoms with Crippen LogP contribution in [0.1, 0.15) is 4.88 Å². The fourth-order valence-electron chi connectivity index (χ4n) is 2.70. The summed E-state index contributed by atoms with van der Waals surface area (Å²) in [5.74, 6) is 0.838. The Hall–Kier alpha value is -2.66. The molecule has 0 saturated carbocycles. The summed E-state index contributed by atoms with van der Waals surface area (Å²) in [4.78, 5) is 6.91. The lowest BCUT2D eigenvalue weighted by molar-refractivity contribution is 0.415. The fraction of sp³-hybridized carbons (Fsp3) is 0.111. The minimum Gasteiger partial charge on any atom is -0.497 e. The number of H-pyrrole nitrogens is 1. The first kappa shape index (κ1) is 14.0. The van der Waals surface area contributed by atoms with Crippen molar-refractivity contribution in [1.29, 1.82) is 0 Å². The summed E-state index contributed by atoms with van der Waals surface area (Å²) < 4.78 is 5.23. The highest BCUT2D eigenvalue weighted by molar-refractivity contribution is 7.15. The number of fused-ring (bicyclic) bond motifs is 1. The van der Waals surface area contributed by atoms with Crippen LogP contribution >= 0.6 is 11.3 Å². The molecule has 1 N–H and O–H groups in total. The van der Waals surface area contributed by atoms with E-state index in [9.17, 15) is 0 Å². The first-order valence-corrected chi connectivity index (χ1v) is 8.12. The Balaban J connectivity index is 1.93. The summed E-state index contributed by atoms with van der Waals surface area (Å²) in [5.41, 5.74) is 3.94. The number of aromatic nitrogens is 3. The lowest BCUT2D eigenvalue weighted by Gasteiger charge is -2.05. The van der Waals surface area contributed by atoms with Gasteiger partial charge in [0.05, 0.1) is 18.2 Å². The number of hydrogen-bond acceptors (Lipinski definition) is 4. The molecule has 0 saturated heterocycles. The number of ether oxygens (including phenoxy) is 1. The van der Waals surface area contributed by atoms with E-state index in [-0.39, 0.29) is 0 Å². The average molecular weight is 321 g/mol. The van der Waals surface area contributed by atoms with Crippen LogP contribution in [0.15, 0.2) is 48.7 Å². The highest BCUT2D eigenvalue weighted by atomic mass is 32.1. The zero-order valence-electron chi connectivity index (χ0n) is 12.8. The van der Waals surface area contributed by atoms with Gasteiger partial charge in [0.15, 0.2) is 5.65 Å². The van der Waals surface area contributed by atoms with E-state index in [1.54, 1.807) is 18.4 Å². The second kappa shape index (κ2) is 5.52. The van der Waals surface area contributed by atoms with Crippen molar-refractivity contribution in [2.45, 2.75) is 6.92 Å². The molecule has 0 radical (unpaired) electrons. The minimum absolute atomic E-state index is 0.736. The summed E-state index contributed by atoms with van der Waals surface area (Å²) in [5, 5.41) is 8.56. The lowest BCUT2D eigenvalue weighted by Crippen LogP contribution is -1.85. The number of aryl methyl sites for hydroxylation is 1. The highest BCUT2D eigenvalue weighted by Crippen LogP contribution is 2.37. The third kappa shape index (κ3) is 2.39. The van der Waals surface area contributed by atoms with Crippen molar-refractivity contribution in [3.05, 3.63) is 53.5 Å². The Morgan fingerprint density at radius 2 is 1.87 bits per heavy atom. The second-order valence-corrected chi connectivity index (χ2v) is 6.58. The predicted molar refractivity (Wildman–Crippen MR) is 93.9 cm³/mol. The Bertz CT molecular complexity index is 970. The van der Waals surface area contributed by atoms with E-state index in [4.69, 9.17) is 4.74 Å². The number of nitrogens with one attached hydrogen (secondary N) is 1. The molecule has 0 spiro atoms. The van der Waals surface area contributed by atoms with Crippen molar-refractivity contribution in [3.63, 3.8) is 0 Å². The summed E-state index contributed by atoms with van der Waals surface area (Å²) in [6.45, 7) is 2.12. The summed E-state index contributed by atoms with van der Waals surface area (Å²) in [6, 6.07) is 14.3. The molecule has 0 atom stereocenters. The zero-order chi connectivity index (χ0) is 15.8. The topological polar surface area (TPSA) is 50.8 Å². The van der Waals surface area contributed by atoms with E-state index in [2.05, 4.69) is 40.3 Å². The van der Waals surface area contributed by atoms with Crippen molar-refractivity contribution < 1.29 is 4.74 Å². The molecular weight excluding hydrogens is 306 g/mol. The zero-order valence-corrected chi connectivity index (χ0v) is 13.6. The number of thiophene rings is 1. The molecule has 0 fully saturated rings. The van der Waals surface area contributed by atoms with Crippen molar-refractivity contribution in [3.8, 4) is 27.4 Å². The Morgan fingerprint density at radius 1 is 1.04 bits per heavy atom. The molecule has 0 aliphatic carbocycles. The van der Waals surface area contributed by atoms with Crippen LogP contribution in [0, 0.1) is 6.92 Å². The van der Waals surface area contributed by atoms with Gasteiger partial charge in [-0.1, -0.05) is 0 Å². The number of methoxy groups -OCH3 is 1. The maximum absolute atomic E-state index is 5.23. The molecular formula is C18H15N3OS. The number of rotatable bonds is 3. The largest absolute Gasteiger partial charge is 0.497 e. The van der Waals surface area contributed by atoms with Crippen molar-refractivity contribution in [2.75, 3.05) is 7.11 Å². The first-order valence-electron chi connectivity index (χ1n) is 7.30. The van der Waals surface area contributed by atoms with Crippen molar-refractivity contribution in [1.82, 2.24) is 15.2 Å². The fourth-order valence-corrected chi connectivity index (χ4v) is 3.60. The van der Waals surface area contributed by atoms with Crippen LogP contribution in [0.4, 0.5) is 0 Å². The van der Waals surface area contributed by atoms with Crippen molar-refractivity contribution >= 4 is 22.4 Å². The van der Waals surface area contributed by atoms with Crippen LogP contribution in [0.5, 0.6) is 5.75 Å². The van der Waals surface area contributed by atoms with E-state index in [1.807, 2.05) is 30.5 Å². The molecule has 114 valence electrons. The maximum atomic E-state index is 5.23. The first-order chi connectivity index (χ1) is 11.3. The van der Waals surface area contributed by atoms with Crippen LogP contribution in [0.3, 0.4) is 0 Å². The van der Waals surface area contributed by atoms with Gasteiger partial charge in [-0.2, -0.15) is 5.10 Å². The van der Waals surface area contributed by atoms with Crippen LogP contribution < -0.4 is 4.74 Å². The summed E-state index contributed by atoms with van der Waals surface area (Å²) >= 11 is 1.78. The Kier molecular flexibility index (Phi) is 3.35. The average Bonchev–Trinajstić information content (AvgIpc) is 3.21. The van der Waals surface area contributed by atoms with Gasteiger partial charge in [0, 0.05) is 27.1 Å².